The predicted molar refractivity (Wildman–Crippen MR) is 218 cm³/mol. The molecule has 0 saturated heterocycles. The van der Waals surface area contributed by atoms with Crippen LogP contribution in [0.4, 0.5) is 11.4 Å². The van der Waals surface area contributed by atoms with E-state index in [-0.39, 0.29) is 0 Å². The van der Waals surface area contributed by atoms with Gasteiger partial charge in [0.05, 0.1) is 6.04 Å². The van der Waals surface area contributed by atoms with Gasteiger partial charge in [-0.1, -0.05) is 152 Å². The van der Waals surface area contributed by atoms with Crippen LogP contribution in [0.1, 0.15) is 29.5 Å². The van der Waals surface area contributed by atoms with Crippen LogP contribution in [0.15, 0.2) is 170 Å². The minimum Gasteiger partial charge on any atom is -0.334 e. The first-order valence-electron chi connectivity index (χ1n) is 18.5. The molecule has 0 bridgehead atoms. The number of hydrogen-bond acceptors (Lipinski definition) is 1. The maximum atomic E-state index is 2.58. The molecule has 0 fully saturated rings. The fourth-order valence-electron chi connectivity index (χ4n) is 9.09. The zero-order valence-corrected chi connectivity index (χ0v) is 28.7. The molecule has 0 N–H and O–H groups in total. The molecule has 1 nitrogen and oxygen atoms in total. The molecule has 2 unspecified atom stereocenters. The highest BCUT2D eigenvalue weighted by atomic mass is 15.2. The van der Waals surface area contributed by atoms with Gasteiger partial charge in [0.2, 0.25) is 0 Å². The van der Waals surface area contributed by atoms with E-state index >= 15 is 0 Å². The Labute approximate surface area is 300 Å². The molecular weight excluding hydrogens is 615 g/mol. The van der Waals surface area contributed by atoms with Crippen LogP contribution in [-0.2, 0) is 12.8 Å². The molecule has 7 aromatic rings. The van der Waals surface area contributed by atoms with Gasteiger partial charge < -0.3 is 4.90 Å². The smallest absolute Gasteiger partial charge is 0.0588 e. The number of hydrogen-bond donors (Lipinski definition) is 0. The molecule has 0 amide bonds. The number of anilines is 2. The van der Waals surface area contributed by atoms with Crippen molar-refractivity contribution in [2.45, 2.75) is 31.7 Å². The van der Waals surface area contributed by atoms with Crippen molar-refractivity contribution in [2.24, 2.45) is 5.92 Å². The Morgan fingerprint density at radius 2 is 1.24 bits per heavy atom. The van der Waals surface area contributed by atoms with Crippen molar-refractivity contribution < 1.29 is 0 Å². The molecule has 0 spiro atoms. The summed E-state index contributed by atoms with van der Waals surface area (Å²) in [6.45, 7) is 0. The molecule has 244 valence electrons. The van der Waals surface area contributed by atoms with E-state index in [2.05, 4.69) is 181 Å². The molecule has 2 atom stereocenters. The minimum absolute atomic E-state index is 0.294. The standard InChI is InChI=1S/C50H39N/c1-3-15-34(16-4-1)44-33-45(35-29-31-39(32-30-35)51-46-25-13-7-17-36(46)27-28-37-18-8-14-26-47(37)51)49-42-23-11-9-21-40(42)41-22-10-12-24-43(41)50(49)48(44)38-19-5-2-6-20-38/h1-9,11-21,23-26,29-33,36,46H,10,22,27-28H2. The van der Waals surface area contributed by atoms with E-state index in [0.29, 0.717) is 12.0 Å². The van der Waals surface area contributed by atoms with Gasteiger partial charge in [0.15, 0.2) is 0 Å². The molecule has 0 aromatic heterocycles. The van der Waals surface area contributed by atoms with Crippen LogP contribution in [-0.4, -0.2) is 6.04 Å². The summed E-state index contributed by atoms with van der Waals surface area (Å²) in [5, 5.41) is 5.40. The van der Waals surface area contributed by atoms with Crippen molar-refractivity contribution in [1.29, 1.82) is 0 Å². The van der Waals surface area contributed by atoms with E-state index < -0.39 is 0 Å². The van der Waals surface area contributed by atoms with Gasteiger partial charge in [-0.2, -0.15) is 0 Å². The second-order valence-corrected chi connectivity index (χ2v) is 14.2. The van der Waals surface area contributed by atoms with E-state index in [1.54, 1.807) is 0 Å². The zero-order valence-electron chi connectivity index (χ0n) is 28.7. The second-order valence-electron chi connectivity index (χ2n) is 14.2. The van der Waals surface area contributed by atoms with Gasteiger partial charge in [-0.25, -0.2) is 0 Å². The maximum absolute atomic E-state index is 2.58. The van der Waals surface area contributed by atoms with E-state index in [0.717, 1.165) is 25.7 Å². The number of rotatable bonds is 4. The highest BCUT2D eigenvalue weighted by Crippen LogP contribution is 2.50. The van der Waals surface area contributed by atoms with Crippen molar-refractivity contribution in [3.63, 3.8) is 0 Å². The Morgan fingerprint density at radius 1 is 0.549 bits per heavy atom. The third-order valence-corrected chi connectivity index (χ3v) is 11.4. The molecule has 1 aliphatic heterocycles. The Bertz CT molecular complexity index is 2520. The third kappa shape index (κ3) is 4.99. The van der Waals surface area contributed by atoms with Crippen molar-refractivity contribution in [1.82, 2.24) is 0 Å². The van der Waals surface area contributed by atoms with Gasteiger partial charge >= 0.3 is 0 Å². The predicted octanol–water partition coefficient (Wildman–Crippen LogP) is 13.1. The van der Waals surface area contributed by atoms with Crippen LogP contribution >= 0.6 is 0 Å². The Hall–Kier alpha value is -5.92. The molecule has 3 aliphatic rings. The van der Waals surface area contributed by atoms with Crippen LogP contribution in [0.5, 0.6) is 0 Å². The molecular formula is C50H39N. The van der Waals surface area contributed by atoms with Crippen molar-refractivity contribution in [2.75, 3.05) is 4.90 Å². The number of nitrogens with zero attached hydrogens (tertiary/aromatic N) is 1. The van der Waals surface area contributed by atoms with Gasteiger partial charge in [0.25, 0.3) is 0 Å². The summed E-state index contributed by atoms with van der Waals surface area (Å²) in [6, 6.07) is 52.4. The number of benzene rings is 7. The average Bonchev–Trinajstić information content (AvgIpc) is 3.38. The Kier molecular flexibility index (Phi) is 7.31. The number of fused-ring (bicyclic) bond motifs is 8. The van der Waals surface area contributed by atoms with E-state index in [1.165, 1.54) is 83.0 Å². The van der Waals surface area contributed by atoms with Gasteiger partial charge in [0.1, 0.15) is 0 Å². The topological polar surface area (TPSA) is 3.24 Å². The quantitative estimate of drug-likeness (QED) is 0.171. The van der Waals surface area contributed by atoms with Crippen molar-refractivity contribution in [3.8, 4) is 33.4 Å². The largest absolute Gasteiger partial charge is 0.334 e. The zero-order chi connectivity index (χ0) is 33.7. The molecule has 10 rings (SSSR count). The van der Waals surface area contributed by atoms with Gasteiger partial charge in [-0.05, 0) is 122 Å². The molecule has 0 saturated carbocycles. The van der Waals surface area contributed by atoms with E-state index in [4.69, 9.17) is 0 Å². The van der Waals surface area contributed by atoms with Gasteiger partial charge in [-0.15, -0.1) is 0 Å². The van der Waals surface area contributed by atoms with Crippen LogP contribution in [0.3, 0.4) is 0 Å². The molecule has 1 heterocycles. The summed E-state index contributed by atoms with van der Waals surface area (Å²) >= 11 is 0. The summed E-state index contributed by atoms with van der Waals surface area (Å²) in [5.74, 6) is 0.482. The number of para-hydroxylation sites is 1. The first kappa shape index (κ1) is 29.9. The van der Waals surface area contributed by atoms with Crippen molar-refractivity contribution >= 4 is 39.0 Å². The molecule has 51 heavy (non-hydrogen) atoms. The second kappa shape index (κ2) is 12.4. The van der Waals surface area contributed by atoms with Crippen molar-refractivity contribution in [3.05, 3.63) is 187 Å². The fraction of sp³-hybridized carbons (Fsp3) is 0.120. The van der Waals surface area contributed by atoms with E-state index in [1.807, 2.05) is 0 Å². The normalized spacial score (nSPS) is 17.6. The Balaban J connectivity index is 1.26. The highest BCUT2D eigenvalue weighted by molar-refractivity contribution is 6.24. The van der Waals surface area contributed by atoms with Crippen LogP contribution in [0.2, 0.25) is 0 Å². The number of aryl methyl sites for hydroxylation is 2. The summed E-state index contributed by atoms with van der Waals surface area (Å²) in [5.41, 5.74) is 14.4. The lowest BCUT2D eigenvalue weighted by Crippen LogP contribution is -2.35. The molecule has 1 heteroatoms. The van der Waals surface area contributed by atoms with Gasteiger partial charge in [-0.3, -0.25) is 0 Å². The highest BCUT2D eigenvalue weighted by Gasteiger charge is 2.31. The minimum atomic E-state index is 0.294. The van der Waals surface area contributed by atoms with Crippen LogP contribution in [0, 0.1) is 5.92 Å². The lowest BCUT2D eigenvalue weighted by atomic mass is 9.78. The first-order chi connectivity index (χ1) is 25.3. The maximum Gasteiger partial charge on any atom is 0.0588 e. The summed E-state index contributed by atoms with van der Waals surface area (Å²) in [6.07, 6.45) is 18.4. The van der Waals surface area contributed by atoms with E-state index in [9.17, 15) is 0 Å². The van der Waals surface area contributed by atoms with Gasteiger partial charge in [0, 0.05) is 17.3 Å². The third-order valence-electron chi connectivity index (χ3n) is 11.4. The summed E-state index contributed by atoms with van der Waals surface area (Å²) in [7, 11) is 0. The number of allylic oxidation sites excluding steroid dienone is 3. The average molecular weight is 654 g/mol. The summed E-state index contributed by atoms with van der Waals surface area (Å²) in [4.78, 5) is 2.58. The molecule has 7 aromatic carbocycles. The lowest BCUT2D eigenvalue weighted by molar-refractivity contribution is 0.535. The van der Waals surface area contributed by atoms with Crippen LogP contribution < -0.4 is 4.90 Å². The summed E-state index contributed by atoms with van der Waals surface area (Å²) < 4.78 is 0. The van der Waals surface area contributed by atoms with Crippen LogP contribution in [0.25, 0.3) is 61.0 Å². The molecule has 0 radical (unpaired) electrons. The first-order valence-corrected chi connectivity index (χ1v) is 18.5. The fourth-order valence-corrected chi connectivity index (χ4v) is 9.09. The lowest BCUT2D eigenvalue weighted by Gasteiger charge is -2.36. The molecule has 2 aliphatic carbocycles. The monoisotopic (exact) mass is 653 g/mol. The Morgan fingerprint density at radius 3 is 2.06 bits per heavy atom. The SMILES string of the molecule is C1=CC2CCc3ccccc3N(c3ccc(-c4cc(-c5ccccc5)c(-c5ccccc5)c5c6c(c7ccccc7c45)CCC=C6)cc3)C2C=C1.